The summed E-state index contributed by atoms with van der Waals surface area (Å²) >= 11 is 0. The van der Waals surface area contributed by atoms with E-state index in [2.05, 4.69) is 46.3 Å². The Balaban J connectivity index is 0.00000420. The highest BCUT2D eigenvalue weighted by Gasteiger charge is 2.21. The number of nitrogens with one attached hydrogen (secondary N) is 2. The summed E-state index contributed by atoms with van der Waals surface area (Å²) in [4.78, 5) is 11.5. The summed E-state index contributed by atoms with van der Waals surface area (Å²) in [5, 5.41) is 6.71. The smallest absolute Gasteiger partial charge is 0.213 e. The molecule has 8 heteroatoms. The van der Waals surface area contributed by atoms with Crippen LogP contribution in [0.25, 0.3) is 0 Å². The third kappa shape index (κ3) is 10.5. The molecule has 7 nitrogen and oxygen atoms in total. The maximum atomic E-state index is 5.92. The summed E-state index contributed by atoms with van der Waals surface area (Å²) in [6, 6.07) is 3.90. The molecule has 0 aromatic carbocycles. The van der Waals surface area contributed by atoms with Gasteiger partial charge in [0.1, 0.15) is 0 Å². The van der Waals surface area contributed by atoms with Crippen molar-refractivity contribution in [3.63, 3.8) is 0 Å². The Morgan fingerprint density at radius 1 is 1.31 bits per heavy atom. The number of aliphatic imine (C=N–C) groups is 1. The monoisotopic (exact) mass is 519 g/mol. The standard InChI is InChI=1S/C21H37N5O2.HI/c1-6-22-21(24-12-18-7-8-20(23-11-18)28-17(4)5)25-13-19-15-26(9-10-27-19)14-16(2)3;/h7-8,11,16-17,19H,6,9-10,12-15H2,1-5H3,(H2,22,24,25);1H. The average Bonchev–Trinajstić information content (AvgIpc) is 2.64. The van der Waals surface area contributed by atoms with Crippen molar-refractivity contribution in [3.05, 3.63) is 23.9 Å². The second-order valence-electron chi connectivity index (χ2n) is 7.89. The fourth-order valence-corrected chi connectivity index (χ4v) is 3.12. The van der Waals surface area contributed by atoms with Crippen molar-refractivity contribution < 1.29 is 9.47 Å². The van der Waals surface area contributed by atoms with Crippen LogP contribution < -0.4 is 15.4 Å². The SMILES string of the molecule is CCNC(=NCc1ccc(OC(C)C)nc1)NCC1CN(CC(C)C)CCO1.I. The highest BCUT2D eigenvalue weighted by molar-refractivity contribution is 14.0. The quantitative estimate of drug-likeness (QED) is 0.297. The van der Waals surface area contributed by atoms with Gasteiger partial charge in [0.2, 0.25) is 5.88 Å². The number of morpholine rings is 1. The van der Waals surface area contributed by atoms with E-state index in [1.807, 2.05) is 32.2 Å². The van der Waals surface area contributed by atoms with Crippen molar-refractivity contribution in [2.75, 3.05) is 39.3 Å². The first-order chi connectivity index (χ1) is 13.5. The second-order valence-corrected chi connectivity index (χ2v) is 7.89. The first-order valence-electron chi connectivity index (χ1n) is 10.4. The predicted molar refractivity (Wildman–Crippen MR) is 129 cm³/mol. The molecule has 1 aromatic rings. The number of aromatic nitrogens is 1. The number of rotatable bonds is 9. The summed E-state index contributed by atoms with van der Waals surface area (Å²) in [6.45, 7) is 16.6. The van der Waals surface area contributed by atoms with Gasteiger partial charge >= 0.3 is 0 Å². The first-order valence-corrected chi connectivity index (χ1v) is 10.4. The summed E-state index contributed by atoms with van der Waals surface area (Å²) in [5.41, 5.74) is 1.05. The Labute approximate surface area is 193 Å². The van der Waals surface area contributed by atoms with E-state index in [9.17, 15) is 0 Å². The molecule has 29 heavy (non-hydrogen) atoms. The summed E-state index contributed by atoms with van der Waals surface area (Å²) in [6.07, 6.45) is 2.13. The zero-order valence-corrected chi connectivity index (χ0v) is 20.8. The summed E-state index contributed by atoms with van der Waals surface area (Å²) < 4.78 is 11.5. The number of hydrogen-bond acceptors (Lipinski definition) is 5. The first kappa shape index (κ1) is 25.9. The molecule has 1 aliphatic heterocycles. The van der Waals surface area contributed by atoms with Crippen molar-refractivity contribution in [2.45, 2.75) is 53.4 Å². The van der Waals surface area contributed by atoms with Gasteiger partial charge in [0.05, 0.1) is 25.4 Å². The lowest BCUT2D eigenvalue weighted by molar-refractivity contribution is -0.0284. The average molecular weight is 519 g/mol. The van der Waals surface area contributed by atoms with Crippen LogP contribution in [0.5, 0.6) is 5.88 Å². The van der Waals surface area contributed by atoms with Crippen molar-refractivity contribution in [2.24, 2.45) is 10.9 Å². The normalized spacial score (nSPS) is 17.9. The van der Waals surface area contributed by atoms with Gasteiger partial charge in [0.25, 0.3) is 0 Å². The van der Waals surface area contributed by atoms with Gasteiger partial charge in [-0.2, -0.15) is 0 Å². The van der Waals surface area contributed by atoms with Crippen LogP contribution in [-0.4, -0.2) is 67.4 Å². The van der Waals surface area contributed by atoms with Gasteiger partial charge in [-0.25, -0.2) is 9.98 Å². The number of pyridine rings is 1. The van der Waals surface area contributed by atoms with E-state index in [1.165, 1.54) is 0 Å². The molecule has 166 valence electrons. The lowest BCUT2D eigenvalue weighted by Crippen LogP contribution is -2.50. The molecule has 0 amide bonds. The van der Waals surface area contributed by atoms with Gasteiger partial charge in [-0.3, -0.25) is 4.90 Å². The van der Waals surface area contributed by atoms with Gasteiger partial charge in [0, 0.05) is 45.0 Å². The van der Waals surface area contributed by atoms with Crippen LogP contribution in [0.3, 0.4) is 0 Å². The molecule has 0 aliphatic carbocycles. The van der Waals surface area contributed by atoms with E-state index in [1.54, 1.807) is 0 Å². The Morgan fingerprint density at radius 2 is 2.10 bits per heavy atom. The van der Waals surface area contributed by atoms with Gasteiger partial charge in [-0.1, -0.05) is 19.9 Å². The van der Waals surface area contributed by atoms with Crippen molar-refractivity contribution in [3.8, 4) is 5.88 Å². The Morgan fingerprint density at radius 3 is 2.72 bits per heavy atom. The molecule has 0 bridgehead atoms. The summed E-state index contributed by atoms with van der Waals surface area (Å²) in [5.74, 6) is 2.12. The van der Waals surface area contributed by atoms with Crippen molar-refractivity contribution >= 4 is 29.9 Å². The number of halogens is 1. The minimum absolute atomic E-state index is 0. The van der Waals surface area contributed by atoms with E-state index in [0.29, 0.717) is 18.3 Å². The molecule has 1 unspecified atom stereocenters. The molecule has 0 radical (unpaired) electrons. The van der Waals surface area contributed by atoms with Crippen molar-refractivity contribution in [1.29, 1.82) is 0 Å². The van der Waals surface area contributed by atoms with Crippen LogP contribution in [0.15, 0.2) is 23.3 Å². The van der Waals surface area contributed by atoms with E-state index in [0.717, 1.165) is 50.9 Å². The van der Waals surface area contributed by atoms with Crippen LogP contribution in [0.4, 0.5) is 0 Å². The molecule has 2 heterocycles. The molecule has 0 spiro atoms. The van der Waals surface area contributed by atoms with Gasteiger partial charge in [-0.15, -0.1) is 24.0 Å². The highest BCUT2D eigenvalue weighted by atomic mass is 127. The molecule has 2 N–H and O–H groups in total. The fraction of sp³-hybridized carbons (Fsp3) is 0.714. The van der Waals surface area contributed by atoms with E-state index < -0.39 is 0 Å². The van der Waals surface area contributed by atoms with Crippen molar-refractivity contribution in [1.82, 2.24) is 20.5 Å². The van der Waals surface area contributed by atoms with E-state index in [4.69, 9.17) is 9.47 Å². The van der Waals surface area contributed by atoms with Crippen LogP contribution in [0.1, 0.15) is 40.2 Å². The molecule has 1 fully saturated rings. The molecule has 2 rings (SSSR count). The Kier molecular flexibility index (Phi) is 12.5. The van der Waals surface area contributed by atoms with E-state index >= 15 is 0 Å². The molecule has 1 atom stereocenters. The largest absolute Gasteiger partial charge is 0.475 e. The Bertz CT molecular complexity index is 595. The van der Waals surface area contributed by atoms with Crippen LogP contribution in [0, 0.1) is 5.92 Å². The maximum absolute atomic E-state index is 5.92. The number of nitrogens with zero attached hydrogens (tertiary/aromatic N) is 3. The molecule has 1 aromatic heterocycles. The number of guanidine groups is 1. The van der Waals surface area contributed by atoms with E-state index in [-0.39, 0.29) is 36.2 Å². The summed E-state index contributed by atoms with van der Waals surface area (Å²) in [7, 11) is 0. The predicted octanol–water partition coefficient (Wildman–Crippen LogP) is 2.90. The molecular weight excluding hydrogens is 481 g/mol. The van der Waals surface area contributed by atoms with Crippen LogP contribution in [0.2, 0.25) is 0 Å². The lowest BCUT2D eigenvalue weighted by atomic mass is 10.2. The minimum Gasteiger partial charge on any atom is -0.475 e. The topological polar surface area (TPSA) is 71.0 Å². The van der Waals surface area contributed by atoms with Crippen LogP contribution in [-0.2, 0) is 11.3 Å². The molecule has 0 saturated carbocycles. The second kappa shape index (κ2) is 14.0. The third-order valence-electron chi connectivity index (χ3n) is 4.26. The number of hydrogen-bond donors (Lipinski definition) is 2. The highest BCUT2D eigenvalue weighted by Crippen LogP contribution is 2.10. The van der Waals surface area contributed by atoms with Gasteiger partial charge < -0.3 is 20.1 Å². The Hall–Kier alpha value is -1.13. The zero-order valence-electron chi connectivity index (χ0n) is 18.5. The maximum Gasteiger partial charge on any atom is 0.213 e. The minimum atomic E-state index is 0. The van der Waals surface area contributed by atoms with Gasteiger partial charge in [-0.05, 0) is 32.3 Å². The molecule has 1 aliphatic rings. The number of ether oxygens (including phenoxy) is 2. The van der Waals surface area contributed by atoms with Gasteiger partial charge in [0.15, 0.2) is 5.96 Å². The third-order valence-corrected chi connectivity index (χ3v) is 4.26. The molecule has 1 saturated heterocycles. The lowest BCUT2D eigenvalue weighted by Gasteiger charge is -2.34. The van der Waals surface area contributed by atoms with Crippen LogP contribution >= 0.6 is 24.0 Å². The molecular formula is C21H38IN5O2. The fourth-order valence-electron chi connectivity index (χ4n) is 3.12. The zero-order chi connectivity index (χ0) is 20.4.